The first-order valence-electron chi connectivity index (χ1n) is 9.97. The number of anilines is 1. The van der Waals surface area contributed by atoms with Crippen LogP contribution in [-0.2, 0) is 19.6 Å². The Morgan fingerprint density at radius 2 is 1.91 bits per heavy atom. The van der Waals surface area contributed by atoms with E-state index in [0.29, 0.717) is 29.2 Å². The number of benzene rings is 2. The van der Waals surface area contributed by atoms with Crippen LogP contribution >= 0.6 is 15.9 Å². The molecule has 0 unspecified atom stereocenters. The smallest absolute Gasteiger partial charge is 0.338 e. The molecule has 0 bridgehead atoms. The minimum atomic E-state index is -3.76. The fourth-order valence-electron chi connectivity index (χ4n) is 3.29. The van der Waals surface area contributed by atoms with Gasteiger partial charge >= 0.3 is 5.97 Å². The molecular weight excluding hydrogens is 498 g/mol. The average Bonchev–Trinajstić information content (AvgIpc) is 2.77. The van der Waals surface area contributed by atoms with Crippen molar-refractivity contribution in [3.05, 3.63) is 58.1 Å². The van der Waals surface area contributed by atoms with Gasteiger partial charge in [-0.1, -0.05) is 35.0 Å². The number of rotatable bonds is 6. The Balaban J connectivity index is 1.69. The van der Waals surface area contributed by atoms with Crippen molar-refractivity contribution in [2.75, 3.05) is 25.0 Å². The zero-order chi connectivity index (χ0) is 23.3. The third-order valence-corrected chi connectivity index (χ3v) is 7.48. The normalized spacial score (nSPS) is 15.0. The highest BCUT2D eigenvalue weighted by molar-refractivity contribution is 9.10. The summed E-state index contributed by atoms with van der Waals surface area (Å²) >= 11 is 3.25. The van der Waals surface area contributed by atoms with Crippen molar-refractivity contribution < 1.29 is 22.7 Å². The van der Waals surface area contributed by atoms with Gasteiger partial charge in [0, 0.05) is 17.6 Å². The number of sulfonamides is 1. The Kier molecular flexibility index (Phi) is 7.66. The molecule has 2 aromatic rings. The van der Waals surface area contributed by atoms with Crippen LogP contribution in [0.2, 0.25) is 0 Å². The zero-order valence-electron chi connectivity index (χ0n) is 17.4. The van der Waals surface area contributed by atoms with Crippen molar-refractivity contribution in [2.45, 2.75) is 24.7 Å². The molecule has 1 fully saturated rings. The molecule has 1 aliphatic rings. The van der Waals surface area contributed by atoms with Crippen LogP contribution in [0.25, 0.3) is 0 Å². The summed E-state index contributed by atoms with van der Waals surface area (Å²) in [6.07, 6.45) is 1.57. The fraction of sp³-hybridized carbons (Fsp3) is 0.318. The average molecular weight is 520 g/mol. The quantitative estimate of drug-likeness (QED) is 0.583. The van der Waals surface area contributed by atoms with E-state index in [4.69, 9.17) is 10.00 Å². The minimum absolute atomic E-state index is 0.00792. The predicted molar refractivity (Wildman–Crippen MR) is 121 cm³/mol. The van der Waals surface area contributed by atoms with Gasteiger partial charge in [0.15, 0.2) is 6.61 Å². The summed E-state index contributed by atoms with van der Waals surface area (Å²) in [7, 11) is -3.76. The van der Waals surface area contributed by atoms with E-state index in [0.717, 1.165) is 12.8 Å². The molecule has 8 nitrogen and oxygen atoms in total. The first kappa shape index (κ1) is 23.9. The number of hydrogen-bond donors (Lipinski definition) is 1. The van der Waals surface area contributed by atoms with E-state index in [9.17, 15) is 18.0 Å². The number of nitriles is 1. The van der Waals surface area contributed by atoms with Gasteiger partial charge in [0.1, 0.15) is 6.07 Å². The fourth-order valence-corrected chi connectivity index (χ4v) is 5.48. The number of nitrogens with zero attached hydrogens (tertiary/aromatic N) is 2. The van der Waals surface area contributed by atoms with Gasteiger partial charge in [-0.3, -0.25) is 4.79 Å². The highest BCUT2D eigenvalue weighted by atomic mass is 79.9. The third kappa shape index (κ3) is 5.73. The Bertz CT molecular complexity index is 1170. The van der Waals surface area contributed by atoms with Crippen LogP contribution in [0.3, 0.4) is 0 Å². The van der Waals surface area contributed by atoms with Gasteiger partial charge in [0.2, 0.25) is 10.0 Å². The second kappa shape index (κ2) is 10.3. The van der Waals surface area contributed by atoms with E-state index in [1.54, 1.807) is 24.3 Å². The number of esters is 1. The molecule has 32 heavy (non-hydrogen) atoms. The molecule has 0 saturated carbocycles. The van der Waals surface area contributed by atoms with Crippen molar-refractivity contribution >= 4 is 43.5 Å². The van der Waals surface area contributed by atoms with Gasteiger partial charge in [-0.15, -0.1) is 0 Å². The van der Waals surface area contributed by atoms with E-state index in [-0.39, 0.29) is 16.0 Å². The Hall–Kier alpha value is -2.74. The van der Waals surface area contributed by atoms with Crippen LogP contribution in [0.15, 0.2) is 51.8 Å². The maximum atomic E-state index is 13.0. The maximum absolute atomic E-state index is 13.0. The molecule has 0 radical (unpaired) electrons. The Labute approximate surface area is 195 Å². The summed E-state index contributed by atoms with van der Waals surface area (Å²) in [5.74, 6) is -0.981. The van der Waals surface area contributed by atoms with Gasteiger partial charge in [-0.2, -0.15) is 9.57 Å². The summed E-state index contributed by atoms with van der Waals surface area (Å²) in [6.45, 7) is 2.36. The molecule has 1 aliphatic heterocycles. The molecule has 0 atom stereocenters. The summed E-state index contributed by atoms with van der Waals surface area (Å²) in [5, 5.41) is 11.6. The van der Waals surface area contributed by atoms with Crippen LogP contribution in [0.5, 0.6) is 0 Å². The summed E-state index contributed by atoms with van der Waals surface area (Å²) in [5.41, 5.74) is 0.595. The minimum Gasteiger partial charge on any atom is -0.452 e. The molecule has 0 spiro atoms. The Morgan fingerprint density at radius 3 is 2.59 bits per heavy atom. The van der Waals surface area contributed by atoms with Crippen molar-refractivity contribution in [1.82, 2.24) is 4.31 Å². The van der Waals surface area contributed by atoms with Crippen LogP contribution in [0.4, 0.5) is 5.69 Å². The number of para-hydroxylation sites is 1. The van der Waals surface area contributed by atoms with Gasteiger partial charge in [0.25, 0.3) is 5.91 Å². The van der Waals surface area contributed by atoms with Crippen LogP contribution in [0.1, 0.15) is 35.7 Å². The molecule has 1 saturated heterocycles. The second-order valence-electron chi connectivity index (χ2n) is 7.54. The largest absolute Gasteiger partial charge is 0.452 e. The molecule has 10 heteroatoms. The molecule has 3 rings (SSSR count). The summed E-state index contributed by atoms with van der Waals surface area (Å²) in [4.78, 5) is 24.6. The molecule has 1 amide bonds. The lowest BCUT2D eigenvalue weighted by atomic mass is 10.0. The number of nitrogens with one attached hydrogen (secondary N) is 1. The lowest BCUT2D eigenvalue weighted by molar-refractivity contribution is -0.119. The number of piperidine rings is 1. The van der Waals surface area contributed by atoms with Gasteiger partial charge in [0.05, 0.1) is 21.7 Å². The molecule has 168 valence electrons. The summed E-state index contributed by atoms with van der Waals surface area (Å²) < 4.78 is 32.9. The molecule has 0 aromatic heterocycles. The predicted octanol–water partition coefficient (Wildman–Crippen LogP) is 3.54. The van der Waals surface area contributed by atoms with Gasteiger partial charge in [-0.25, -0.2) is 13.2 Å². The Morgan fingerprint density at radius 1 is 1.22 bits per heavy atom. The number of halogens is 1. The lowest BCUT2D eigenvalue weighted by Crippen LogP contribution is -2.37. The second-order valence-corrected chi connectivity index (χ2v) is 10.4. The highest BCUT2D eigenvalue weighted by Crippen LogP contribution is 2.27. The molecule has 2 aromatic carbocycles. The van der Waals surface area contributed by atoms with E-state index < -0.39 is 28.5 Å². The van der Waals surface area contributed by atoms with Crippen molar-refractivity contribution in [1.29, 1.82) is 5.26 Å². The van der Waals surface area contributed by atoms with Crippen LogP contribution in [-0.4, -0.2) is 44.3 Å². The molecule has 1 heterocycles. The molecule has 0 aliphatic carbocycles. The van der Waals surface area contributed by atoms with Gasteiger partial charge < -0.3 is 10.1 Å². The number of amides is 1. The standard InChI is InChI=1S/C22H22BrN3O5S/c1-15-6-8-26(9-7-15)32(29,30)19-11-17(10-18(23)12-19)22(28)31-14-21(27)25-20-5-3-2-4-16(20)13-24/h2-5,10-12,15H,6-9,14H2,1H3,(H,25,27). The summed E-state index contributed by atoms with van der Waals surface area (Å²) in [6, 6.07) is 12.5. The van der Waals surface area contributed by atoms with E-state index >= 15 is 0 Å². The van der Waals surface area contributed by atoms with E-state index in [1.165, 1.54) is 22.5 Å². The van der Waals surface area contributed by atoms with Crippen molar-refractivity contribution in [3.8, 4) is 6.07 Å². The maximum Gasteiger partial charge on any atom is 0.338 e. The van der Waals surface area contributed by atoms with E-state index in [2.05, 4.69) is 28.2 Å². The van der Waals surface area contributed by atoms with Crippen LogP contribution < -0.4 is 5.32 Å². The monoisotopic (exact) mass is 519 g/mol. The molecule has 1 N–H and O–H groups in total. The SMILES string of the molecule is CC1CCN(S(=O)(=O)c2cc(Br)cc(C(=O)OCC(=O)Nc3ccccc3C#N)c2)CC1. The third-order valence-electron chi connectivity index (χ3n) is 5.14. The number of hydrogen-bond acceptors (Lipinski definition) is 6. The number of ether oxygens (including phenoxy) is 1. The van der Waals surface area contributed by atoms with Gasteiger partial charge in [-0.05, 0) is 49.1 Å². The van der Waals surface area contributed by atoms with E-state index in [1.807, 2.05) is 6.07 Å². The lowest BCUT2D eigenvalue weighted by Gasteiger charge is -2.29. The van der Waals surface area contributed by atoms with Crippen LogP contribution in [0, 0.1) is 17.2 Å². The molecular formula is C22H22BrN3O5S. The first-order valence-corrected chi connectivity index (χ1v) is 12.2. The number of carbonyl (C=O) groups is 2. The van der Waals surface area contributed by atoms with Crippen molar-refractivity contribution in [2.24, 2.45) is 5.92 Å². The van der Waals surface area contributed by atoms with Crippen molar-refractivity contribution in [3.63, 3.8) is 0 Å². The zero-order valence-corrected chi connectivity index (χ0v) is 19.8. The topological polar surface area (TPSA) is 117 Å². The number of carbonyl (C=O) groups excluding carboxylic acids is 2. The highest BCUT2D eigenvalue weighted by Gasteiger charge is 2.29. The first-order chi connectivity index (χ1) is 15.2.